The van der Waals surface area contributed by atoms with Gasteiger partial charge in [0, 0.05) is 20.8 Å². The Morgan fingerprint density at radius 2 is 2.11 bits per heavy atom. The maximum Gasteiger partial charge on any atom is 0.336 e. The third kappa shape index (κ3) is 4.52. The maximum atomic E-state index is 12.6. The Balaban J connectivity index is 1.95. The van der Waals surface area contributed by atoms with Gasteiger partial charge < -0.3 is 10.1 Å². The highest BCUT2D eigenvalue weighted by Gasteiger charge is 2.35. The third-order valence-electron chi connectivity index (χ3n) is 4.27. The molecule has 0 bridgehead atoms. The number of esters is 1. The van der Waals surface area contributed by atoms with Crippen LogP contribution in [0.15, 0.2) is 68.1 Å². The van der Waals surface area contributed by atoms with Crippen molar-refractivity contribution >= 4 is 45.0 Å². The molecule has 1 aromatic heterocycles. The summed E-state index contributed by atoms with van der Waals surface area (Å²) in [6.45, 7) is 3.94. The number of carbonyl (C=O) groups excluding carboxylic acids is 1. The van der Waals surface area contributed by atoms with E-state index in [-0.39, 0.29) is 5.97 Å². The lowest BCUT2D eigenvalue weighted by atomic mass is 9.87. The molecule has 144 valence electrons. The van der Waals surface area contributed by atoms with Crippen molar-refractivity contribution in [2.75, 3.05) is 6.61 Å². The smallest absolute Gasteiger partial charge is 0.336 e. The normalized spacial score (nSPS) is 16.6. The number of thioether (sulfide) groups is 1. The lowest BCUT2D eigenvalue weighted by Gasteiger charge is -2.28. The predicted octanol–water partition coefficient (Wildman–Crippen LogP) is 5.70. The summed E-state index contributed by atoms with van der Waals surface area (Å²) in [6.07, 6.45) is 0. The molecule has 0 radical (unpaired) electrons. The van der Waals surface area contributed by atoms with E-state index in [0.29, 0.717) is 17.8 Å². The Labute approximate surface area is 181 Å². The fourth-order valence-corrected chi connectivity index (χ4v) is 5.14. The number of ether oxygens (including phenoxy) is 1. The Kier molecular flexibility index (Phi) is 7.00. The molecule has 0 saturated heterocycles. The second-order valence-corrected chi connectivity index (χ2v) is 8.98. The summed E-state index contributed by atoms with van der Waals surface area (Å²) in [4.78, 5) is 13.6. The zero-order valence-electron chi connectivity index (χ0n) is 15.5. The van der Waals surface area contributed by atoms with Crippen LogP contribution in [-0.2, 0) is 15.3 Å². The van der Waals surface area contributed by atoms with E-state index in [1.807, 2.05) is 36.6 Å². The molecular weight excluding hydrogens is 456 g/mol. The first-order chi connectivity index (χ1) is 13.5. The van der Waals surface area contributed by atoms with Gasteiger partial charge in [-0.1, -0.05) is 34.1 Å². The molecule has 1 aliphatic heterocycles. The van der Waals surface area contributed by atoms with Crippen molar-refractivity contribution in [2.45, 2.75) is 25.5 Å². The largest absolute Gasteiger partial charge is 0.463 e. The van der Waals surface area contributed by atoms with Gasteiger partial charge >= 0.3 is 5.97 Å². The molecule has 0 fully saturated rings. The van der Waals surface area contributed by atoms with Crippen LogP contribution >= 0.6 is 39.0 Å². The maximum absolute atomic E-state index is 12.6. The zero-order valence-corrected chi connectivity index (χ0v) is 18.7. The number of hydrogen-bond acceptors (Lipinski definition) is 6. The number of benzene rings is 1. The van der Waals surface area contributed by atoms with Crippen LogP contribution in [0.2, 0.25) is 0 Å². The lowest BCUT2D eigenvalue weighted by molar-refractivity contribution is -0.138. The second-order valence-electron chi connectivity index (χ2n) is 6.10. The third-order valence-corrected chi connectivity index (χ3v) is 6.82. The summed E-state index contributed by atoms with van der Waals surface area (Å²) >= 11 is 6.55. The number of thiophene rings is 1. The van der Waals surface area contributed by atoms with E-state index in [4.69, 9.17) is 4.74 Å². The predicted molar refractivity (Wildman–Crippen MR) is 118 cm³/mol. The van der Waals surface area contributed by atoms with Crippen LogP contribution in [0.5, 0.6) is 0 Å². The average molecular weight is 475 g/mol. The lowest BCUT2D eigenvalue weighted by Crippen LogP contribution is -2.28. The minimum absolute atomic E-state index is 0.295. The van der Waals surface area contributed by atoms with Gasteiger partial charge in [0.15, 0.2) is 0 Å². The van der Waals surface area contributed by atoms with Crippen LogP contribution in [0.3, 0.4) is 0 Å². The summed E-state index contributed by atoms with van der Waals surface area (Å²) in [5, 5.41) is 16.0. The zero-order chi connectivity index (χ0) is 20.1. The number of rotatable bonds is 6. The Bertz CT molecular complexity index is 957. The number of nitrogens with one attached hydrogen (secondary N) is 1. The molecule has 28 heavy (non-hydrogen) atoms. The SMILES string of the molecule is CCOC(=O)C1=C(C)NC(SCc2ccc(Br)cc2)=C(C#N)[C@@H]1c1cccs1. The number of nitrogens with zero attached hydrogens (tertiary/aromatic N) is 1. The number of hydrogen-bond donors (Lipinski definition) is 1. The van der Waals surface area contributed by atoms with Crippen molar-refractivity contribution in [3.63, 3.8) is 0 Å². The quantitative estimate of drug-likeness (QED) is 0.543. The molecular formula is C21H19BrN2O2S2. The van der Waals surface area contributed by atoms with Gasteiger partial charge in [0.05, 0.1) is 34.8 Å². The Morgan fingerprint density at radius 1 is 1.36 bits per heavy atom. The highest BCUT2D eigenvalue weighted by Crippen LogP contribution is 2.43. The van der Waals surface area contributed by atoms with Crippen molar-refractivity contribution in [1.29, 1.82) is 5.26 Å². The van der Waals surface area contributed by atoms with Crippen molar-refractivity contribution in [3.8, 4) is 6.07 Å². The van der Waals surface area contributed by atoms with Crippen LogP contribution in [0.25, 0.3) is 0 Å². The second kappa shape index (κ2) is 9.46. The number of carbonyl (C=O) groups is 1. The molecule has 0 aliphatic carbocycles. The van der Waals surface area contributed by atoms with E-state index in [1.54, 1.807) is 18.7 Å². The summed E-state index contributed by atoms with van der Waals surface area (Å²) < 4.78 is 6.31. The topological polar surface area (TPSA) is 62.1 Å². The standard InChI is InChI=1S/C21H19BrN2O2S2/c1-3-26-21(25)18-13(2)24-20(28-12-14-6-8-15(22)9-7-14)16(11-23)19(18)17-5-4-10-27-17/h4-10,19,24H,3,12H2,1-2H3/t19-/m1/s1. The van der Waals surface area contributed by atoms with Gasteiger partial charge in [0.2, 0.25) is 0 Å². The summed E-state index contributed by atoms with van der Waals surface area (Å²) in [7, 11) is 0. The highest BCUT2D eigenvalue weighted by molar-refractivity contribution is 9.10. The first-order valence-corrected chi connectivity index (χ1v) is 11.4. The molecule has 1 atom stereocenters. The summed E-state index contributed by atoms with van der Waals surface area (Å²) in [5.41, 5.74) is 2.95. The molecule has 3 rings (SSSR count). The molecule has 0 saturated carbocycles. The molecule has 1 aliphatic rings. The fourth-order valence-electron chi connectivity index (χ4n) is 2.98. The van der Waals surface area contributed by atoms with Crippen molar-refractivity contribution in [3.05, 3.63) is 78.6 Å². The number of nitriles is 1. The van der Waals surface area contributed by atoms with Gasteiger partial charge in [-0.3, -0.25) is 0 Å². The van der Waals surface area contributed by atoms with Crippen LogP contribution in [0.4, 0.5) is 0 Å². The Morgan fingerprint density at radius 3 is 2.71 bits per heavy atom. The van der Waals surface area contributed by atoms with Crippen molar-refractivity contribution in [2.24, 2.45) is 0 Å². The van der Waals surface area contributed by atoms with E-state index in [9.17, 15) is 10.1 Å². The number of halogens is 1. The van der Waals surface area contributed by atoms with E-state index in [2.05, 4.69) is 39.4 Å². The number of dihydropyridines is 1. The van der Waals surface area contributed by atoms with Gasteiger partial charge in [0.1, 0.15) is 0 Å². The van der Waals surface area contributed by atoms with Crippen LogP contribution < -0.4 is 5.32 Å². The molecule has 1 N–H and O–H groups in total. The van der Waals surface area contributed by atoms with Gasteiger partial charge in [-0.2, -0.15) is 5.26 Å². The summed E-state index contributed by atoms with van der Waals surface area (Å²) in [6, 6.07) is 14.3. The molecule has 2 heterocycles. The average Bonchev–Trinajstić information content (AvgIpc) is 3.21. The van der Waals surface area contributed by atoms with Crippen LogP contribution in [0.1, 0.15) is 30.2 Å². The van der Waals surface area contributed by atoms with E-state index < -0.39 is 5.92 Å². The first-order valence-electron chi connectivity index (χ1n) is 8.75. The highest BCUT2D eigenvalue weighted by atomic mass is 79.9. The van der Waals surface area contributed by atoms with Crippen molar-refractivity contribution in [1.82, 2.24) is 5.32 Å². The monoisotopic (exact) mass is 474 g/mol. The molecule has 0 amide bonds. The Hall–Kier alpha value is -2.01. The molecule has 4 nitrogen and oxygen atoms in total. The minimum atomic E-state index is -0.405. The fraction of sp³-hybridized carbons (Fsp3) is 0.238. The first kappa shape index (κ1) is 20.7. The minimum Gasteiger partial charge on any atom is -0.463 e. The molecule has 0 unspecified atom stereocenters. The van der Waals surface area contributed by atoms with Crippen LogP contribution in [-0.4, -0.2) is 12.6 Å². The molecule has 0 spiro atoms. The molecule has 2 aromatic rings. The van der Waals surface area contributed by atoms with E-state index >= 15 is 0 Å². The van der Waals surface area contributed by atoms with Crippen molar-refractivity contribution < 1.29 is 9.53 Å². The molecule has 1 aromatic carbocycles. The summed E-state index contributed by atoms with van der Waals surface area (Å²) in [5.74, 6) is -0.0618. The van der Waals surface area contributed by atoms with E-state index in [0.717, 1.165) is 31.4 Å². The molecule has 7 heteroatoms. The number of allylic oxidation sites excluding steroid dienone is 2. The van der Waals surface area contributed by atoms with Gasteiger partial charge in [-0.15, -0.1) is 23.1 Å². The van der Waals surface area contributed by atoms with Crippen LogP contribution in [0, 0.1) is 11.3 Å². The van der Waals surface area contributed by atoms with E-state index in [1.165, 1.54) is 11.3 Å². The van der Waals surface area contributed by atoms with Gasteiger partial charge in [0.25, 0.3) is 0 Å². The van der Waals surface area contributed by atoms with Gasteiger partial charge in [-0.25, -0.2) is 4.79 Å². The van der Waals surface area contributed by atoms with Gasteiger partial charge in [-0.05, 0) is 43.0 Å².